The van der Waals surface area contributed by atoms with Crippen molar-refractivity contribution >= 4 is 22.9 Å². The van der Waals surface area contributed by atoms with E-state index in [1.165, 1.54) is 6.07 Å². The summed E-state index contributed by atoms with van der Waals surface area (Å²) in [5, 5.41) is 6.76. The molecule has 2 N–H and O–H groups in total. The molecule has 3 rings (SSSR count). The van der Waals surface area contributed by atoms with E-state index in [-0.39, 0.29) is 11.5 Å². The average molecular weight is 297 g/mol. The summed E-state index contributed by atoms with van der Waals surface area (Å²) in [4.78, 5) is 31.4. The second-order valence-electron chi connectivity index (χ2n) is 5.03. The minimum atomic E-state index is -0.736. The first kappa shape index (κ1) is 14.0. The van der Waals surface area contributed by atoms with Gasteiger partial charge in [0.2, 0.25) is 5.95 Å². The van der Waals surface area contributed by atoms with Crippen LogP contribution in [-0.4, -0.2) is 25.7 Å². The van der Waals surface area contributed by atoms with E-state index < -0.39 is 6.04 Å². The lowest BCUT2D eigenvalue weighted by molar-refractivity contribution is -0.119. The standard InChI is InChI=1S/C15H15N5O2/c1-9-7-8-13(21)20(19-9)10(2)14(22)18-15-16-11-5-3-4-6-12(11)17-15/h3-8,10H,1-2H3,(H2,16,17,18,22)/t10-/m0/s1. The summed E-state index contributed by atoms with van der Waals surface area (Å²) in [6.45, 7) is 3.38. The Hall–Kier alpha value is -2.96. The number of hydrogen-bond donors (Lipinski definition) is 2. The van der Waals surface area contributed by atoms with E-state index in [4.69, 9.17) is 0 Å². The van der Waals surface area contributed by atoms with Gasteiger partial charge in [0.05, 0.1) is 16.7 Å². The zero-order chi connectivity index (χ0) is 15.7. The Bertz CT molecular complexity index is 863. The van der Waals surface area contributed by atoms with Gasteiger partial charge in [0.15, 0.2) is 0 Å². The monoisotopic (exact) mass is 297 g/mol. The number of fused-ring (bicyclic) bond motifs is 1. The number of nitrogens with one attached hydrogen (secondary N) is 2. The van der Waals surface area contributed by atoms with E-state index in [9.17, 15) is 9.59 Å². The fourth-order valence-electron chi connectivity index (χ4n) is 2.14. The van der Waals surface area contributed by atoms with Crippen molar-refractivity contribution in [3.63, 3.8) is 0 Å². The molecular formula is C15H15N5O2. The van der Waals surface area contributed by atoms with Gasteiger partial charge in [0, 0.05) is 6.07 Å². The van der Waals surface area contributed by atoms with Crippen LogP contribution in [0.25, 0.3) is 11.0 Å². The van der Waals surface area contributed by atoms with Crippen molar-refractivity contribution in [3.05, 3.63) is 52.4 Å². The largest absolute Gasteiger partial charge is 0.324 e. The minimum absolute atomic E-state index is 0.321. The smallest absolute Gasteiger partial charge is 0.267 e. The van der Waals surface area contributed by atoms with Gasteiger partial charge in [-0.05, 0) is 32.0 Å². The van der Waals surface area contributed by atoms with Crippen molar-refractivity contribution in [1.82, 2.24) is 19.7 Å². The van der Waals surface area contributed by atoms with Crippen molar-refractivity contribution in [2.45, 2.75) is 19.9 Å². The number of amides is 1. The first-order valence-corrected chi connectivity index (χ1v) is 6.86. The fourth-order valence-corrected chi connectivity index (χ4v) is 2.14. The molecule has 0 aliphatic heterocycles. The van der Waals surface area contributed by atoms with Crippen LogP contribution in [0.5, 0.6) is 0 Å². The normalized spacial score (nSPS) is 12.3. The Morgan fingerprint density at radius 3 is 2.82 bits per heavy atom. The van der Waals surface area contributed by atoms with Gasteiger partial charge in [-0.25, -0.2) is 9.67 Å². The number of aromatic nitrogens is 4. The molecule has 112 valence electrons. The number of aromatic amines is 1. The van der Waals surface area contributed by atoms with Crippen molar-refractivity contribution in [2.75, 3.05) is 5.32 Å². The summed E-state index contributed by atoms with van der Waals surface area (Å²) in [7, 11) is 0. The summed E-state index contributed by atoms with van der Waals surface area (Å²) in [5.41, 5.74) is 1.94. The zero-order valence-electron chi connectivity index (χ0n) is 12.2. The average Bonchev–Trinajstić information content (AvgIpc) is 2.91. The van der Waals surface area contributed by atoms with Gasteiger partial charge in [-0.15, -0.1) is 0 Å². The van der Waals surface area contributed by atoms with E-state index in [1.807, 2.05) is 24.3 Å². The topological polar surface area (TPSA) is 92.7 Å². The number of carbonyl (C=O) groups is 1. The zero-order valence-corrected chi connectivity index (χ0v) is 12.2. The molecule has 0 fully saturated rings. The number of hydrogen-bond acceptors (Lipinski definition) is 4. The Kier molecular flexibility index (Phi) is 3.46. The van der Waals surface area contributed by atoms with Crippen LogP contribution in [0.1, 0.15) is 18.7 Å². The van der Waals surface area contributed by atoms with Crippen molar-refractivity contribution in [3.8, 4) is 0 Å². The summed E-state index contributed by atoms with van der Waals surface area (Å²) in [5.74, 6) is -0.0157. The predicted molar refractivity (Wildman–Crippen MR) is 82.7 cm³/mol. The van der Waals surface area contributed by atoms with Crippen LogP contribution < -0.4 is 10.9 Å². The second kappa shape index (κ2) is 5.44. The Morgan fingerprint density at radius 1 is 1.27 bits per heavy atom. The highest BCUT2D eigenvalue weighted by Gasteiger charge is 2.18. The van der Waals surface area contributed by atoms with Crippen LogP contribution in [0.15, 0.2) is 41.2 Å². The van der Waals surface area contributed by atoms with Gasteiger partial charge in [0.25, 0.3) is 11.5 Å². The molecule has 2 aromatic heterocycles. The molecule has 1 aromatic carbocycles. The van der Waals surface area contributed by atoms with Crippen molar-refractivity contribution < 1.29 is 4.79 Å². The molecule has 0 saturated carbocycles. The third kappa shape index (κ3) is 2.60. The minimum Gasteiger partial charge on any atom is -0.324 e. The number of rotatable bonds is 3. The van der Waals surface area contributed by atoms with Gasteiger partial charge in [0.1, 0.15) is 6.04 Å². The third-order valence-electron chi connectivity index (χ3n) is 3.34. The molecule has 2 heterocycles. The fraction of sp³-hybridized carbons (Fsp3) is 0.200. The van der Waals surface area contributed by atoms with Gasteiger partial charge >= 0.3 is 0 Å². The van der Waals surface area contributed by atoms with Gasteiger partial charge < -0.3 is 4.98 Å². The number of nitrogens with zero attached hydrogens (tertiary/aromatic N) is 3. The molecule has 22 heavy (non-hydrogen) atoms. The molecule has 3 aromatic rings. The predicted octanol–water partition coefficient (Wildman–Crippen LogP) is 1.63. The maximum absolute atomic E-state index is 12.3. The lowest BCUT2D eigenvalue weighted by atomic mass is 10.3. The Balaban J connectivity index is 1.84. The highest BCUT2D eigenvalue weighted by molar-refractivity contribution is 5.93. The molecule has 0 saturated heterocycles. The number of anilines is 1. The Labute approximate surface area is 126 Å². The molecule has 7 heteroatoms. The van der Waals surface area contributed by atoms with Crippen LogP contribution in [-0.2, 0) is 4.79 Å². The van der Waals surface area contributed by atoms with E-state index in [1.54, 1.807) is 19.9 Å². The third-order valence-corrected chi connectivity index (χ3v) is 3.34. The van der Waals surface area contributed by atoms with E-state index in [0.29, 0.717) is 11.6 Å². The highest BCUT2D eigenvalue weighted by atomic mass is 16.2. The van der Waals surface area contributed by atoms with E-state index in [2.05, 4.69) is 20.4 Å². The first-order valence-electron chi connectivity index (χ1n) is 6.86. The number of benzene rings is 1. The lowest BCUT2D eigenvalue weighted by Crippen LogP contribution is -2.33. The molecule has 0 aliphatic carbocycles. The number of H-pyrrole nitrogens is 1. The van der Waals surface area contributed by atoms with Crippen LogP contribution in [0.3, 0.4) is 0 Å². The molecule has 0 spiro atoms. The SMILES string of the molecule is Cc1ccc(=O)n([C@@H](C)C(=O)Nc2nc3ccccc3[nH]2)n1. The highest BCUT2D eigenvalue weighted by Crippen LogP contribution is 2.14. The van der Waals surface area contributed by atoms with Crippen molar-refractivity contribution in [1.29, 1.82) is 0 Å². The Morgan fingerprint density at radius 2 is 2.05 bits per heavy atom. The number of aryl methyl sites for hydroxylation is 1. The molecule has 1 atom stereocenters. The maximum atomic E-state index is 12.3. The molecule has 0 aliphatic rings. The molecular weight excluding hydrogens is 282 g/mol. The molecule has 1 amide bonds. The van der Waals surface area contributed by atoms with Gasteiger partial charge in [-0.1, -0.05) is 12.1 Å². The summed E-state index contributed by atoms with van der Waals surface area (Å²) < 4.78 is 1.16. The number of carbonyl (C=O) groups excluding carboxylic acids is 1. The van der Waals surface area contributed by atoms with E-state index in [0.717, 1.165) is 15.7 Å². The van der Waals surface area contributed by atoms with Crippen LogP contribution in [0, 0.1) is 6.92 Å². The molecule has 7 nitrogen and oxygen atoms in total. The lowest BCUT2D eigenvalue weighted by Gasteiger charge is -2.13. The van der Waals surface area contributed by atoms with Gasteiger partial charge in [-0.3, -0.25) is 14.9 Å². The van der Waals surface area contributed by atoms with Gasteiger partial charge in [-0.2, -0.15) is 5.10 Å². The first-order chi connectivity index (χ1) is 10.5. The quantitative estimate of drug-likeness (QED) is 0.768. The summed E-state index contributed by atoms with van der Waals surface area (Å²) in [6, 6.07) is 9.74. The van der Waals surface area contributed by atoms with E-state index >= 15 is 0 Å². The molecule has 0 radical (unpaired) electrons. The van der Waals surface area contributed by atoms with Crippen LogP contribution >= 0.6 is 0 Å². The molecule has 0 bridgehead atoms. The summed E-state index contributed by atoms with van der Waals surface area (Å²) in [6.07, 6.45) is 0. The number of para-hydroxylation sites is 2. The number of imidazole rings is 1. The maximum Gasteiger partial charge on any atom is 0.267 e. The second-order valence-corrected chi connectivity index (χ2v) is 5.03. The van der Waals surface area contributed by atoms with Crippen LogP contribution in [0.2, 0.25) is 0 Å². The summed E-state index contributed by atoms with van der Waals surface area (Å²) >= 11 is 0. The van der Waals surface area contributed by atoms with Crippen molar-refractivity contribution in [2.24, 2.45) is 0 Å². The molecule has 0 unspecified atom stereocenters. The van der Waals surface area contributed by atoms with Crippen LogP contribution in [0.4, 0.5) is 5.95 Å².